The minimum Gasteiger partial charge on any atom is -0.506 e. The van der Waals surface area contributed by atoms with Crippen LogP contribution in [0.4, 0.5) is 0 Å². The third-order valence-corrected chi connectivity index (χ3v) is 4.38. The van der Waals surface area contributed by atoms with Gasteiger partial charge in [-0.25, -0.2) is 9.78 Å². The maximum atomic E-state index is 12.6. The molecule has 0 aliphatic heterocycles. The van der Waals surface area contributed by atoms with Crippen molar-refractivity contribution in [3.8, 4) is 28.3 Å². The fourth-order valence-corrected chi connectivity index (χ4v) is 3.14. The molecule has 4 rings (SSSR count). The maximum absolute atomic E-state index is 12.6. The highest BCUT2D eigenvalue weighted by molar-refractivity contribution is 7.71. The Labute approximate surface area is 153 Å². The predicted octanol–water partition coefficient (Wildman–Crippen LogP) is 4.59. The summed E-state index contributed by atoms with van der Waals surface area (Å²) in [6.45, 7) is 1.82. The molecule has 0 atom stereocenters. The number of H-pyrrole nitrogens is 1. The molecule has 0 aliphatic carbocycles. The van der Waals surface area contributed by atoms with Gasteiger partial charge in [0.25, 0.3) is 0 Å². The lowest BCUT2D eigenvalue weighted by Gasteiger charge is -2.09. The lowest BCUT2D eigenvalue weighted by atomic mass is 10.1. The third kappa shape index (κ3) is 2.70. The number of aryl methyl sites for hydroxylation is 1. The molecule has 4 aromatic rings. The molecule has 5 nitrogen and oxygen atoms in total. The van der Waals surface area contributed by atoms with Crippen molar-refractivity contribution in [2.75, 3.05) is 0 Å². The lowest BCUT2D eigenvalue weighted by Crippen LogP contribution is -2.06. The van der Waals surface area contributed by atoms with Gasteiger partial charge in [0.15, 0.2) is 4.77 Å². The first-order valence-electron chi connectivity index (χ1n) is 7.97. The average molecular weight is 362 g/mol. The smallest absolute Gasteiger partial charge is 0.349 e. The van der Waals surface area contributed by atoms with Crippen LogP contribution in [-0.2, 0) is 0 Å². The summed E-state index contributed by atoms with van der Waals surface area (Å²) in [7, 11) is 0. The van der Waals surface area contributed by atoms with Crippen LogP contribution in [-0.4, -0.2) is 15.1 Å². The summed E-state index contributed by atoms with van der Waals surface area (Å²) in [4.78, 5) is 19.8. The molecule has 0 saturated carbocycles. The van der Waals surface area contributed by atoms with Gasteiger partial charge in [-0.3, -0.25) is 0 Å². The van der Waals surface area contributed by atoms with E-state index < -0.39 is 5.63 Å². The zero-order valence-corrected chi connectivity index (χ0v) is 14.6. The van der Waals surface area contributed by atoms with E-state index in [0.29, 0.717) is 22.4 Å². The predicted molar refractivity (Wildman–Crippen MR) is 103 cm³/mol. The number of aromatic amines is 1. The number of rotatable bonds is 2. The quantitative estimate of drug-likeness (QED) is 0.403. The highest BCUT2D eigenvalue weighted by Crippen LogP contribution is 2.34. The number of aromatic nitrogens is 2. The molecule has 26 heavy (non-hydrogen) atoms. The van der Waals surface area contributed by atoms with Crippen LogP contribution in [0.5, 0.6) is 5.75 Å². The molecular formula is C20H14N2O3S. The summed E-state index contributed by atoms with van der Waals surface area (Å²) in [6, 6.07) is 16.5. The molecule has 0 fully saturated rings. The van der Waals surface area contributed by atoms with Crippen LogP contribution in [0.15, 0.2) is 63.8 Å². The molecule has 2 N–H and O–H groups in total. The molecule has 2 aromatic carbocycles. The Kier molecular flexibility index (Phi) is 3.89. The van der Waals surface area contributed by atoms with Crippen molar-refractivity contribution in [2.45, 2.75) is 6.92 Å². The van der Waals surface area contributed by atoms with Gasteiger partial charge in [-0.1, -0.05) is 42.5 Å². The Hall–Kier alpha value is -3.25. The zero-order chi connectivity index (χ0) is 18.3. The van der Waals surface area contributed by atoms with Gasteiger partial charge in [-0.2, -0.15) is 0 Å². The molecule has 2 aromatic heterocycles. The van der Waals surface area contributed by atoms with E-state index in [1.165, 1.54) is 0 Å². The standard InChI is InChI=1S/C20H14N2O3S/c1-11-6-5-9-13-17(23)16(19(24)25-18(11)13)15-10-14(21-20(26)22-15)12-7-3-2-4-8-12/h2-10,23H,1H3,(H,21,22,26). The highest BCUT2D eigenvalue weighted by Gasteiger charge is 2.18. The van der Waals surface area contributed by atoms with Crippen molar-refractivity contribution < 1.29 is 9.52 Å². The average Bonchev–Trinajstić information content (AvgIpc) is 2.63. The number of hydrogen-bond acceptors (Lipinski definition) is 5. The zero-order valence-electron chi connectivity index (χ0n) is 13.8. The SMILES string of the molecule is Cc1cccc2c(O)c(-c3cc(-c4ccccc4)nc(=S)[nH]3)c(=O)oc12. The number of para-hydroxylation sites is 1. The van der Waals surface area contributed by atoms with Crippen LogP contribution in [0.1, 0.15) is 5.56 Å². The minimum atomic E-state index is -0.639. The fraction of sp³-hybridized carbons (Fsp3) is 0.0500. The van der Waals surface area contributed by atoms with Crippen molar-refractivity contribution >= 4 is 23.2 Å². The molecule has 0 radical (unpaired) electrons. The summed E-state index contributed by atoms with van der Waals surface area (Å²) in [5.41, 5.74) is 2.36. The van der Waals surface area contributed by atoms with E-state index in [0.717, 1.165) is 11.1 Å². The van der Waals surface area contributed by atoms with Crippen molar-refractivity contribution in [1.82, 2.24) is 9.97 Å². The molecular weight excluding hydrogens is 348 g/mol. The number of hydrogen-bond donors (Lipinski definition) is 2. The maximum Gasteiger partial charge on any atom is 0.349 e. The molecule has 0 amide bonds. The summed E-state index contributed by atoms with van der Waals surface area (Å²) in [5, 5.41) is 11.2. The van der Waals surface area contributed by atoms with E-state index >= 15 is 0 Å². The number of nitrogens with one attached hydrogen (secondary N) is 1. The number of benzene rings is 2. The summed E-state index contributed by atoms with van der Waals surface area (Å²) in [5.74, 6) is -0.143. The second-order valence-corrected chi connectivity index (χ2v) is 6.30. The van der Waals surface area contributed by atoms with Gasteiger partial charge in [0.1, 0.15) is 16.9 Å². The molecule has 6 heteroatoms. The minimum absolute atomic E-state index is 0.0359. The Bertz CT molecular complexity index is 1240. The largest absolute Gasteiger partial charge is 0.506 e. The van der Waals surface area contributed by atoms with Crippen LogP contribution in [0.2, 0.25) is 0 Å². The van der Waals surface area contributed by atoms with Crippen molar-refractivity contribution in [3.05, 3.63) is 75.4 Å². The first kappa shape index (κ1) is 16.2. The Morgan fingerprint density at radius 1 is 1.12 bits per heavy atom. The van der Waals surface area contributed by atoms with Gasteiger partial charge in [-0.05, 0) is 36.8 Å². The van der Waals surface area contributed by atoms with E-state index in [4.69, 9.17) is 16.6 Å². The van der Waals surface area contributed by atoms with Crippen LogP contribution < -0.4 is 5.63 Å². The lowest BCUT2D eigenvalue weighted by molar-refractivity contribution is 0.470. The molecule has 0 bridgehead atoms. The Morgan fingerprint density at radius 3 is 2.65 bits per heavy atom. The number of nitrogens with zero attached hydrogens (tertiary/aromatic N) is 1. The van der Waals surface area contributed by atoms with E-state index in [-0.39, 0.29) is 16.1 Å². The molecule has 0 saturated heterocycles. The highest BCUT2D eigenvalue weighted by atomic mass is 32.1. The van der Waals surface area contributed by atoms with Crippen LogP contribution in [0.3, 0.4) is 0 Å². The van der Waals surface area contributed by atoms with E-state index in [1.807, 2.05) is 43.3 Å². The van der Waals surface area contributed by atoms with Gasteiger partial charge in [0, 0.05) is 5.56 Å². The monoisotopic (exact) mass is 362 g/mol. The van der Waals surface area contributed by atoms with Crippen LogP contribution in [0.25, 0.3) is 33.5 Å². The van der Waals surface area contributed by atoms with Gasteiger partial charge >= 0.3 is 5.63 Å². The van der Waals surface area contributed by atoms with E-state index in [1.54, 1.807) is 18.2 Å². The van der Waals surface area contributed by atoms with Crippen molar-refractivity contribution in [3.63, 3.8) is 0 Å². The summed E-state index contributed by atoms with van der Waals surface area (Å²) in [6.07, 6.45) is 0. The third-order valence-electron chi connectivity index (χ3n) is 4.19. The fourth-order valence-electron chi connectivity index (χ4n) is 2.94. The van der Waals surface area contributed by atoms with Gasteiger partial charge in [0.05, 0.1) is 16.8 Å². The molecule has 0 spiro atoms. The van der Waals surface area contributed by atoms with Crippen molar-refractivity contribution in [1.29, 1.82) is 0 Å². The first-order valence-corrected chi connectivity index (χ1v) is 8.38. The van der Waals surface area contributed by atoms with Crippen LogP contribution >= 0.6 is 12.2 Å². The Morgan fingerprint density at radius 2 is 1.88 bits per heavy atom. The normalized spacial score (nSPS) is 11.0. The number of fused-ring (bicyclic) bond motifs is 1. The molecule has 128 valence electrons. The molecule has 0 aliphatic rings. The second-order valence-electron chi connectivity index (χ2n) is 5.92. The van der Waals surface area contributed by atoms with Crippen LogP contribution in [0, 0.1) is 11.7 Å². The van der Waals surface area contributed by atoms with E-state index in [2.05, 4.69) is 9.97 Å². The molecule has 0 unspecified atom stereocenters. The second kappa shape index (κ2) is 6.24. The van der Waals surface area contributed by atoms with Gasteiger partial charge in [0.2, 0.25) is 0 Å². The summed E-state index contributed by atoms with van der Waals surface area (Å²) >= 11 is 5.21. The van der Waals surface area contributed by atoms with Gasteiger partial charge in [-0.15, -0.1) is 0 Å². The first-order chi connectivity index (χ1) is 12.5. The Balaban J connectivity index is 2.01. The summed E-state index contributed by atoms with van der Waals surface area (Å²) < 4.78 is 5.67. The number of aromatic hydroxyl groups is 1. The van der Waals surface area contributed by atoms with E-state index in [9.17, 15) is 9.90 Å². The topological polar surface area (TPSA) is 79.1 Å². The van der Waals surface area contributed by atoms with Gasteiger partial charge < -0.3 is 14.5 Å². The van der Waals surface area contributed by atoms with Crippen molar-refractivity contribution in [2.24, 2.45) is 0 Å². The molecule has 2 heterocycles.